The molecule has 0 amide bonds. The lowest BCUT2D eigenvalue weighted by Crippen LogP contribution is -2.03. The molecule has 7 aromatic carbocycles. The highest BCUT2D eigenvalue weighted by atomic mass is 32.1. The number of nitrogens with zero attached hydrogens (tertiary/aromatic N) is 3. The molecular formula is C46H27N3OS. The Kier molecular flexibility index (Phi) is 6.09. The SMILES string of the molecule is c1ccc(-c2cc(-n3c4ccccc4c4c5oc6ccccc6c5cc(-c5ccc6sc7ccccc7c6c5)c43)nc(-c3ccccc3)n2)cc1. The highest BCUT2D eigenvalue weighted by molar-refractivity contribution is 7.25. The maximum absolute atomic E-state index is 6.77. The number of para-hydroxylation sites is 2. The van der Waals surface area contributed by atoms with E-state index in [1.165, 1.54) is 20.2 Å². The third-order valence-electron chi connectivity index (χ3n) is 10.0. The molecule has 238 valence electrons. The van der Waals surface area contributed by atoms with E-state index in [9.17, 15) is 0 Å². The molecule has 0 aliphatic heterocycles. The minimum Gasteiger partial charge on any atom is -0.455 e. The third kappa shape index (κ3) is 4.32. The summed E-state index contributed by atoms with van der Waals surface area (Å²) in [5.41, 5.74) is 9.00. The van der Waals surface area contributed by atoms with E-state index in [0.717, 1.165) is 77.5 Å². The summed E-state index contributed by atoms with van der Waals surface area (Å²) in [6.45, 7) is 0. The molecule has 0 N–H and O–H groups in total. The van der Waals surface area contributed by atoms with E-state index >= 15 is 0 Å². The first-order valence-electron chi connectivity index (χ1n) is 17.1. The van der Waals surface area contributed by atoms with Gasteiger partial charge in [-0.2, -0.15) is 0 Å². The molecule has 0 bridgehead atoms. The van der Waals surface area contributed by atoms with Crippen molar-refractivity contribution in [1.29, 1.82) is 0 Å². The Bertz CT molecular complexity index is 3080. The van der Waals surface area contributed by atoms with Crippen molar-refractivity contribution in [2.75, 3.05) is 0 Å². The minimum absolute atomic E-state index is 0.676. The van der Waals surface area contributed by atoms with Crippen molar-refractivity contribution >= 4 is 75.3 Å². The summed E-state index contributed by atoms with van der Waals surface area (Å²) >= 11 is 1.84. The molecule has 51 heavy (non-hydrogen) atoms. The largest absolute Gasteiger partial charge is 0.455 e. The molecule has 0 saturated heterocycles. The average molecular weight is 670 g/mol. The van der Waals surface area contributed by atoms with Crippen LogP contribution in [0, 0.1) is 0 Å². The van der Waals surface area contributed by atoms with E-state index in [1.54, 1.807) is 0 Å². The molecule has 0 fully saturated rings. The molecule has 4 heterocycles. The molecule has 5 heteroatoms. The zero-order chi connectivity index (χ0) is 33.5. The Hall–Kier alpha value is -6.56. The fourth-order valence-electron chi connectivity index (χ4n) is 7.71. The van der Waals surface area contributed by atoms with Gasteiger partial charge in [0.25, 0.3) is 0 Å². The highest BCUT2D eigenvalue weighted by Gasteiger charge is 2.24. The van der Waals surface area contributed by atoms with Crippen LogP contribution in [0.15, 0.2) is 168 Å². The highest BCUT2D eigenvalue weighted by Crippen LogP contribution is 2.46. The van der Waals surface area contributed by atoms with Crippen LogP contribution in [0.25, 0.3) is 104 Å². The maximum Gasteiger partial charge on any atom is 0.162 e. The number of rotatable bonds is 4. The predicted octanol–water partition coefficient (Wildman–Crippen LogP) is 12.8. The second kappa shape index (κ2) is 11.0. The molecular weight excluding hydrogens is 643 g/mol. The first kappa shape index (κ1) is 28.3. The average Bonchev–Trinajstić information content (AvgIpc) is 3.87. The molecule has 0 radical (unpaired) electrons. The zero-order valence-corrected chi connectivity index (χ0v) is 28.1. The van der Waals surface area contributed by atoms with Crippen molar-refractivity contribution in [1.82, 2.24) is 14.5 Å². The van der Waals surface area contributed by atoms with Gasteiger partial charge in [-0.3, -0.25) is 4.57 Å². The molecule has 0 aliphatic carbocycles. The van der Waals surface area contributed by atoms with E-state index in [-0.39, 0.29) is 0 Å². The zero-order valence-electron chi connectivity index (χ0n) is 27.2. The summed E-state index contributed by atoms with van der Waals surface area (Å²) in [6.07, 6.45) is 0. The fraction of sp³-hybridized carbons (Fsp3) is 0. The maximum atomic E-state index is 6.77. The molecule has 11 aromatic rings. The minimum atomic E-state index is 0.676. The van der Waals surface area contributed by atoms with Crippen molar-refractivity contribution in [3.63, 3.8) is 0 Å². The number of aromatic nitrogens is 3. The second-order valence-corrected chi connectivity index (χ2v) is 14.0. The summed E-state index contributed by atoms with van der Waals surface area (Å²) in [5, 5.41) is 6.94. The number of fused-ring (bicyclic) bond motifs is 10. The molecule has 11 rings (SSSR count). The van der Waals surface area contributed by atoms with E-state index < -0.39 is 0 Å². The van der Waals surface area contributed by atoms with Gasteiger partial charge >= 0.3 is 0 Å². The number of thiophene rings is 1. The van der Waals surface area contributed by atoms with Crippen LogP contribution in [0.2, 0.25) is 0 Å². The summed E-state index contributed by atoms with van der Waals surface area (Å²) in [7, 11) is 0. The van der Waals surface area contributed by atoms with Crippen LogP contribution in [0.1, 0.15) is 0 Å². The van der Waals surface area contributed by atoms with Crippen molar-refractivity contribution in [3.05, 3.63) is 164 Å². The number of hydrogen-bond acceptors (Lipinski definition) is 4. The van der Waals surface area contributed by atoms with Crippen LogP contribution >= 0.6 is 11.3 Å². The standard InChI is InChI=1S/C46H27N3OS/c1-3-13-28(14-4-1)37-27-42(48-46(47-37)29-15-5-2-6-16-29)49-38-20-10-7-19-33(38)43-44(49)34(26-36-31-17-8-11-21-39(31)50-45(36)43)30-23-24-41-35(25-30)32-18-9-12-22-40(32)51-41/h1-27H. The van der Waals surface area contributed by atoms with Gasteiger partial charge in [0.1, 0.15) is 17.0 Å². The van der Waals surface area contributed by atoms with Crippen LogP contribution in [-0.4, -0.2) is 14.5 Å². The quantitative estimate of drug-likeness (QED) is 0.187. The number of furan rings is 1. The summed E-state index contributed by atoms with van der Waals surface area (Å²) in [4.78, 5) is 10.5. The number of hydrogen-bond donors (Lipinski definition) is 0. The molecule has 4 nitrogen and oxygen atoms in total. The molecule has 0 spiro atoms. The van der Waals surface area contributed by atoms with Crippen molar-refractivity contribution in [3.8, 4) is 39.6 Å². The Balaban J connectivity index is 1.31. The van der Waals surface area contributed by atoms with Crippen LogP contribution in [0.5, 0.6) is 0 Å². The van der Waals surface area contributed by atoms with Gasteiger partial charge in [-0.15, -0.1) is 11.3 Å². The van der Waals surface area contributed by atoms with Crippen molar-refractivity contribution < 1.29 is 4.42 Å². The number of benzene rings is 7. The smallest absolute Gasteiger partial charge is 0.162 e. The molecule has 0 unspecified atom stereocenters. The Morgan fingerprint density at radius 3 is 2.02 bits per heavy atom. The van der Waals surface area contributed by atoms with Crippen LogP contribution in [-0.2, 0) is 0 Å². The van der Waals surface area contributed by atoms with Crippen LogP contribution < -0.4 is 0 Å². The van der Waals surface area contributed by atoms with E-state index in [0.29, 0.717) is 5.82 Å². The predicted molar refractivity (Wildman–Crippen MR) is 213 cm³/mol. The first-order valence-corrected chi connectivity index (χ1v) is 17.9. The summed E-state index contributed by atoms with van der Waals surface area (Å²) in [5.74, 6) is 1.48. The van der Waals surface area contributed by atoms with E-state index in [4.69, 9.17) is 14.4 Å². The Morgan fingerprint density at radius 2 is 1.18 bits per heavy atom. The molecule has 0 saturated carbocycles. The lowest BCUT2D eigenvalue weighted by Gasteiger charge is -2.14. The lowest BCUT2D eigenvalue weighted by atomic mass is 9.97. The van der Waals surface area contributed by atoms with Gasteiger partial charge < -0.3 is 4.42 Å². The van der Waals surface area contributed by atoms with Gasteiger partial charge in [0, 0.05) is 59.1 Å². The Morgan fingerprint density at radius 1 is 0.490 bits per heavy atom. The molecule has 0 atom stereocenters. The molecule has 4 aromatic heterocycles. The van der Waals surface area contributed by atoms with Crippen LogP contribution in [0.4, 0.5) is 0 Å². The van der Waals surface area contributed by atoms with Gasteiger partial charge in [0.2, 0.25) is 0 Å². The fourth-order valence-corrected chi connectivity index (χ4v) is 8.79. The van der Waals surface area contributed by atoms with Gasteiger partial charge in [0.05, 0.1) is 22.1 Å². The van der Waals surface area contributed by atoms with Gasteiger partial charge in [-0.05, 0) is 42.0 Å². The van der Waals surface area contributed by atoms with Crippen molar-refractivity contribution in [2.45, 2.75) is 0 Å². The van der Waals surface area contributed by atoms with Crippen molar-refractivity contribution in [2.24, 2.45) is 0 Å². The third-order valence-corrected chi connectivity index (χ3v) is 11.2. The van der Waals surface area contributed by atoms with Gasteiger partial charge in [-0.1, -0.05) is 121 Å². The normalized spacial score (nSPS) is 11.9. The van der Waals surface area contributed by atoms with E-state index in [1.807, 2.05) is 41.7 Å². The Labute approximate surface area is 296 Å². The van der Waals surface area contributed by atoms with Crippen LogP contribution in [0.3, 0.4) is 0 Å². The summed E-state index contributed by atoms with van der Waals surface area (Å²) in [6, 6.07) is 57.6. The van der Waals surface area contributed by atoms with Gasteiger partial charge in [0.15, 0.2) is 5.82 Å². The topological polar surface area (TPSA) is 43.9 Å². The van der Waals surface area contributed by atoms with Gasteiger partial charge in [-0.25, -0.2) is 9.97 Å². The second-order valence-electron chi connectivity index (χ2n) is 13.0. The first-order chi connectivity index (χ1) is 25.3. The summed E-state index contributed by atoms with van der Waals surface area (Å²) < 4.78 is 11.7. The molecule has 0 aliphatic rings. The van der Waals surface area contributed by atoms with E-state index in [2.05, 4.69) is 138 Å². The lowest BCUT2D eigenvalue weighted by molar-refractivity contribution is 0.673. The monoisotopic (exact) mass is 669 g/mol.